The fraction of sp³-hybridized carbons (Fsp3) is 0.154. The van der Waals surface area contributed by atoms with Gasteiger partial charge in [0.1, 0.15) is 5.69 Å². The minimum absolute atomic E-state index is 0.202. The highest BCUT2D eigenvalue weighted by atomic mass is 32.1. The number of amides is 1. The second kappa shape index (κ2) is 6.16. The van der Waals surface area contributed by atoms with Crippen molar-refractivity contribution >= 4 is 29.1 Å². The van der Waals surface area contributed by atoms with Gasteiger partial charge in [-0.25, -0.2) is 4.79 Å². The predicted molar refractivity (Wildman–Crippen MR) is 76.3 cm³/mol. The maximum atomic E-state index is 11.8. The van der Waals surface area contributed by atoms with Crippen LogP contribution in [0.3, 0.4) is 0 Å². The lowest BCUT2D eigenvalue weighted by atomic mass is 10.1. The third-order valence-electron chi connectivity index (χ3n) is 2.57. The molecule has 1 amide bonds. The molecule has 0 spiro atoms. The maximum Gasteiger partial charge on any atom is 0.352 e. The van der Waals surface area contributed by atoms with Crippen molar-refractivity contribution < 1.29 is 14.3 Å². The summed E-state index contributed by atoms with van der Waals surface area (Å²) in [4.78, 5) is 23.0. The third kappa shape index (κ3) is 2.94. The summed E-state index contributed by atoms with van der Waals surface area (Å²) in [6.07, 6.45) is 0. The van der Waals surface area contributed by atoms with Crippen LogP contribution in [0.5, 0.6) is 0 Å². The van der Waals surface area contributed by atoms with Crippen LogP contribution in [0.25, 0.3) is 11.3 Å². The first kappa shape index (κ1) is 14.0. The molecule has 20 heavy (non-hydrogen) atoms. The zero-order valence-corrected chi connectivity index (χ0v) is 11.6. The van der Waals surface area contributed by atoms with Gasteiger partial charge in [0, 0.05) is 12.6 Å². The number of anilines is 1. The molecule has 2 aromatic rings. The number of nitrogens with zero attached hydrogens (tertiary/aromatic N) is 1. The van der Waals surface area contributed by atoms with E-state index >= 15 is 0 Å². The summed E-state index contributed by atoms with van der Waals surface area (Å²) in [6, 6.07) is 9.30. The molecule has 0 aliphatic rings. The van der Waals surface area contributed by atoms with Crippen molar-refractivity contribution in [2.24, 2.45) is 0 Å². The van der Waals surface area contributed by atoms with Crippen LogP contribution in [0.2, 0.25) is 0 Å². The molecule has 0 radical (unpaired) electrons. The molecule has 1 heterocycles. The number of hydrogen-bond donors (Lipinski definition) is 2. The molecule has 7 heteroatoms. The Hall–Kier alpha value is -2.41. The van der Waals surface area contributed by atoms with Crippen molar-refractivity contribution in [3.05, 3.63) is 35.2 Å². The Labute approximate surface area is 119 Å². The second-order valence-electron chi connectivity index (χ2n) is 3.89. The fourth-order valence-corrected chi connectivity index (χ4v) is 2.23. The van der Waals surface area contributed by atoms with Gasteiger partial charge >= 0.3 is 5.97 Å². The summed E-state index contributed by atoms with van der Waals surface area (Å²) in [5.74, 6) is -1.03. The monoisotopic (exact) mass is 291 g/mol. The summed E-state index contributed by atoms with van der Waals surface area (Å²) >= 11 is 0.957. The Morgan fingerprint density at radius 2 is 2.05 bits per heavy atom. The summed E-state index contributed by atoms with van der Waals surface area (Å²) in [6.45, 7) is -0.340. The van der Waals surface area contributed by atoms with Crippen molar-refractivity contribution in [2.75, 3.05) is 19.4 Å². The Bertz CT molecular complexity index is 625. The number of ether oxygens (including phenoxy) is 1. The van der Waals surface area contributed by atoms with Gasteiger partial charge in [0.2, 0.25) is 0 Å². The van der Waals surface area contributed by atoms with Gasteiger partial charge in [0.15, 0.2) is 11.5 Å². The largest absolute Gasteiger partial charge is 0.451 e. The molecule has 0 unspecified atom stereocenters. The zero-order valence-electron chi connectivity index (χ0n) is 10.8. The number of carbonyl (C=O) groups is 2. The standard InChI is InChI=1S/C13H13N3O3S/c1-15-9(17)7-19-13(18)12-10(14)11(16-20-12)8-5-3-2-4-6-8/h2-6H,7,14H2,1H3,(H,15,17). The summed E-state index contributed by atoms with van der Waals surface area (Å²) < 4.78 is 9.02. The van der Waals surface area contributed by atoms with Crippen LogP contribution in [0.4, 0.5) is 5.69 Å². The lowest BCUT2D eigenvalue weighted by molar-refractivity contribution is -0.123. The van der Waals surface area contributed by atoms with Gasteiger partial charge in [0.25, 0.3) is 5.91 Å². The van der Waals surface area contributed by atoms with Crippen LogP contribution in [0.1, 0.15) is 9.67 Å². The first-order chi connectivity index (χ1) is 9.63. The average molecular weight is 291 g/mol. The molecule has 3 N–H and O–H groups in total. The topological polar surface area (TPSA) is 94.3 Å². The molecular weight excluding hydrogens is 278 g/mol. The highest BCUT2D eigenvalue weighted by molar-refractivity contribution is 7.09. The van der Waals surface area contributed by atoms with E-state index < -0.39 is 5.97 Å². The molecule has 0 fully saturated rings. The van der Waals surface area contributed by atoms with E-state index in [-0.39, 0.29) is 23.1 Å². The average Bonchev–Trinajstić information content (AvgIpc) is 2.87. The molecule has 0 aliphatic heterocycles. The number of rotatable bonds is 4. The van der Waals surface area contributed by atoms with Crippen LogP contribution in [0, 0.1) is 0 Å². The number of nitrogen functional groups attached to an aromatic ring is 1. The molecule has 2 rings (SSSR count). The molecule has 6 nitrogen and oxygen atoms in total. The molecule has 0 atom stereocenters. The lowest BCUT2D eigenvalue weighted by Crippen LogP contribution is -2.25. The van der Waals surface area contributed by atoms with E-state index in [0.717, 1.165) is 17.1 Å². The van der Waals surface area contributed by atoms with Crippen molar-refractivity contribution in [3.63, 3.8) is 0 Å². The van der Waals surface area contributed by atoms with Crippen LogP contribution in [0.15, 0.2) is 30.3 Å². The number of aromatic nitrogens is 1. The number of carbonyl (C=O) groups excluding carboxylic acids is 2. The van der Waals surface area contributed by atoms with Gasteiger partial charge in [-0.05, 0) is 11.5 Å². The molecule has 0 saturated carbocycles. The highest BCUT2D eigenvalue weighted by Gasteiger charge is 2.20. The summed E-state index contributed by atoms with van der Waals surface area (Å²) in [5.41, 5.74) is 7.56. The van der Waals surface area contributed by atoms with Gasteiger partial charge in [0.05, 0.1) is 5.69 Å². The maximum absolute atomic E-state index is 11.8. The molecule has 104 valence electrons. The van der Waals surface area contributed by atoms with Crippen molar-refractivity contribution in [1.82, 2.24) is 9.69 Å². The molecule has 0 saturated heterocycles. The Morgan fingerprint density at radius 3 is 2.70 bits per heavy atom. The van der Waals surface area contributed by atoms with Gasteiger partial charge in [-0.1, -0.05) is 30.3 Å². The van der Waals surface area contributed by atoms with Crippen LogP contribution in [-0.2, 0) is 9.53 Å². The molecular formula is C13H13N3O3S. The van der Waals surface area contributed by atoms with E-state index in [0.29, 0.717) is 5.69 Å². The number of likely N-dealkylation sites (N-methyl/N-ethyl adjacent to an activating group) is 1. The van der Waals surface area contributed by atoms with Gasteiger partial charge < -0.3 is 15.8 Å². The minimum atomic E-state index is -0.647. The lowest BCUT2D eigenvalue weighted by Gasteiger charge is -2.03. The van der Waals surface area contributed by atoms with Crippen molar-refractivity contribution in [2.45, 2.75) is 0 Å². The quantitative estimate of drug-likeness (QED) is 0.828. The highest BCUT2D eigenvalue weighted by Crippen LogP contribution is 2.30. The summed E-state index contributed by atoms with van der Waals surface area (Å²) in [5, 5.41) is 2.36. The normalized spacial score (nSPS) is 10.1. The van der Waals surface area contributed by atoms with Gasteiger partial charge in [-0.3, -0.25) is 4.79 Å². The minimum Gasteiger partial charge on any atom is -0.451 e. The van der Waals surface area contributed by atoms with E-state index in [2.05, 4.69) is 9.69 Å². The van der Waals surface area contributed by atoms with E-state index in [4.69, 9.17) is 10.5 Å². The number of esters is 1. The molecule has 1 aromatic carbocycles. The number of nitrogens with two attached hydrogens (primary N) is 1. The number of nitrogens with one attached hydrogen (secondary N) is 1. The second-order valence-corrected chi connectivity index (χ2v) is 4.66. The first-order valence-corrected chi connectivity index (χ1v) is 6.59. The van der Waals surface area contributed by atoms with Crippen LogP contribution in [-0.4, -0.2) is 29.9 Å². The Balaban J connectivity index is 2.17. The van der Waals surface area contributed by atoms with Gasteiger partial charge in [-0.15, -0.1) is 0 Å². The van der Waals surface area contributed by atoms with Gasteiger partial charge in [-0.2, -0.15) is 4.37 Å². The van der Waals surface area contributed by atoms with E-state index in [9.17, 15) is 9.59 Å². The number of hydrogen-bond acceptors (Lipinski definition) is 6. The third-order valence-corrected chi connectivity index (χ3v) is 3.42. The van der Waals surface area contributed by atoms with Crippen LogP contribution >= 0.6 is 11.5 Å². The van der Waals surface area contributed by atoms with Crippen molar-refractivity contribution in [3.8, 4) is 11.3 Å². The molecule has 1 aromatic heterocycles. The predicted octanol–water partition coefficient (Wildman–Crippen LogP) is 1.30. The smallest absolute Gasteiger partial charge is 0.352 e. The zero-order chi connectivity index (χ0) is 14.5. The summed E-state index contributed by atoms with van der Waals surface area (Å²) in [7, 11) is 1.46. The first-order valence-electron chi connectivity index (χ1n) is 5.81. The molecule has 0 aliphatic carbocycles. The fourth-order valence-electron chi connectivity index (χ4n) is 1.52. The Kier molecular flexibility index (Phi) is 4.31. The van der Waals surface area contributed by atoms with E-state index in [1.54, 1.807) is 0 Å². The number of benzene rings is 1. The van der Waals surface area contributed by atoms with Crippen molar-refractivity contribution in [1.29, 1.82) is 0 Å². The SMILES string of the molecule is CNC(=O)COC(=O)c1snc(-c2ccccc2)c1N. The van der Waals surface area contributed by atoms with E-state index in [1.165, 1.54) is 7.05 Å². The molecule has 0 bridgehead atoms. The van der Waals surface area contributed by atoms with Crippen LogP contribution < -0.4 is 11.1 Å². The van der Waals surface area contributed by atoms with E-state index in [1.807, 2.05) is 30.3 Å². The Morgan fingerprint density at radius 1 is 1.35 bits per heavy atom.